The van der Waals surface area contributed by atoms with E-state index in [2.05, 4.69) is 5.32 Å². The van der Waals surface area contributed by atoms with Gasteiger partial charge in [0.15, 0.2) is 0 Å². The lowest BCUT2D eigenvalue weighted by molar-refractivity contribution is -0.116. The van der Waals surface area contributed by atoms with Crippen LogP contribution in [0.5, 0.6) is 5.75 Å². The number of sulfonamides is 1. The summed E-state index contributed by atoms with van der Waals surface area (Å²) in [4.78, 5) is 12.8. The van der Waals surface area contributed by atoms with E-state index in [0.717, 1.165) is 4.31 Å². The first-order valence-electron chi connectivity index (χ1n) is 9.22. The molecular formula is C22H20Cl2N2O4S. The van der Waals surface area contributed by atoms with Crippen LogP contribution >= 0.6 is 23.2 Å². The molecule has 0 saturated heterocycles. The van der Waals surface area contributed by atoms with Crippen molar-refractivity contribution in [3.63, 3.8) is 0 Å². The van der Waals surface area contributed by atoms with Gasteiger partial charge in [0.25, 0.3) is 0 Å². The molecule has 6 nitrogen and oxygen atoms in total. The first-order valence-corrected chi connectivity index (χ1v) is 11.4. The summed E-state index contributed by atoms with van der Waals surface area (Å²) in [5.41, 5.74) is 1.09. The Morgan fingerprint density at radius 3 is 2.35 bits per heavy atom. The summed E-state index contributed by atoms with van der Waals surface area (Å²) in [5.74, 6) is -0.0399. The molecular weight excluding hydrogens is 459 g/mol. The molecule has 3 aromatic rings. The molecule has 162 valence electrons. The number of methoxy groups -OCH3 is 1. The molecule has 0 atom stereocenters. The number of carbonyl (C=O) groups excluding carboxylic acids is 1. The quantitative estimate of drug-likeness (QED) is 0.502. The SMILES string of the molecule is COc1ccccc1NC(=O)CN(Cc1cccc(Cl)c1)S(=O)(=O)c1ccc(Cl)cc1. The molecule has 0 radical (unpaired) electrons. The highest BCUT2D eigenvalue weighted by atomic mass is 35.5. The summed E-state index contributed by atoms with van der Waals surface area (Å²) in [7, 11) is -2.50. The number of benzene rings is 3. The van der Waals surface area contributed by atoms with Crippen LogP contribution in [0.3, 0.4) is 0 Å². The van der Waals surface area contributed by atoms with Gasteiger partial charge >= 0.3 is 0 Å². The topological polar surface area (TPSA) is 75.7 Å². The van der Waals surface area contributed by atoms with Gasteiger partial charge in [-0.05, 0) is 54.1 Å². The van der Waals surface area contributed by atoms with Crippen molar-refractivity contribution in [2.75, 3.05) is 19.0 Å². The van der Waals surface area contributed by atoms with Crippen molar-refractivity contribution in [2.24, 2.45) is 0 Å². The van der Waals surface area contributed by atoms with Gasteiger partial charge in [0.2, 0.25) is 15.9 Å². The molecule has 0 unspecified atom stereocenters. The molecule has 0 saturated carbocycles. The number of carbonyl (C=O) groups is 1. The van der Waals surface area contributed by atoms with Gasteiger partial charge in [-0.1, -0.05) is 47.5 Å². The van der Waals surface area contributed by atoms with E-state index in [0.29, 0.717) is 27.0 Å². The number of nitrogens with one attached hydrogen (secondary N) is 1. The number of para-hydroxylation sites is 2. The van der Waals surface area contributed by atoms with E-state index in [1.54, 1.807) is 48.5 Å². The number of nitrogens with zero attached hydrogens (tertiary/aromatic N) is 1. The molecule has 1 N–H and O–H groups in total. The Balaban J connectivity index is 1.89. The van der Waals surface area contributed by atoms with Crippen LogP contribution in [0.25, 0.3) is 0 Å². The van der Waals surface area contributed by atoms with E-state index >= 15 is 0 Å². The predicted octanol–water partition coefficient (Wildman–Crippen LogP) is 4.83. The standard InChI is InChI=1S/C22H20Cl2N2O4S/c1-30-21-8-3-2-7-20(21)25-22(27)15-26(14-16-5-4-6-18(24)13-16)31(28,29)19-11-9-17(23)10-12-19/h2-13H,14-15H2,1H3,(H,25,27). The highest BCUT2D eigenvalue weighted by Crippen LogP contribution is 2.24. The zero-order valence-electron chi connectivity index (χ0n) is 16.6. The fourth-order valence-electron chi connectivity index (χ4n) is 2.92. The van der Waals surface area contributed by atoms with Crippen molar-refractivity contribution in [3.05, 3.63) is 88.4 Å². The van der Waals surface area contributed by atoms with Gasteiger partial charge in [-0.2, -0.15) is 4.31 Å². The average molecular weight is 479 g/mol. The molecule has 0 spiro atoms. The highest BCUT2D eigenvalue weighted by Gasteiger charge is 2.27. The van der Waals surface area contributed by atoms with E-state index < -0.39 is 22.5 Å². The Hall–Kier alpha value is -2.58. The minimum Gasteiger partial charge on any atom is -0.495 e. The second-order valence-corrected chi connectivity index (χ2v) is 9.42. The summed E-state index contributed by atoms with van der Waals surface area (Å²) in [6.07, 6.45) is 0. The molecule has 0 bridgehead atoms. The number of hydrogen-bond donors (Lipinski definition) is 1. The number of hydrogen-bond acceptors (Lipinski definition) is 4. The molecule has 9 heteroatoms. The number of ether oxygens (including phenoxy) is 1. The number of rotatable bonds is 8. The molecule has 0 aliphatic heterocycles. The lowest BCUT2D eigenvalue weighted by atomic mass is 10.2. The van der Waals surface area contributed by atoms with Crippen molar-refractivity contribution in [1.82, 2.24) is 4.31 Å². The molecule has 0 fully saturated rings. The van der Waals surface area contributed by atoms with Crippen LogP contribution < -0.4 is 10.1 Å². The van der Waals surface area contributed by atoms with Crippen molar-refractivity contribution in [1.29, 1.82) is 0 Å². The Morgan fingerprint density at radius 2 is 1.68 bits per heavy atom. The fraction of sp³-hybridized carbons (Fsp3) is 0.136. The highest BCUT2D eigenvalue weighted by molar-refractivity contribution is 7.89. The third kappa shape index (κ3) is 5.98. The zero-order chi connectivity index (χ0) is 22.4. The van der Waals surface area contributed by atoms with E-state index in [1.807, 2.05) is 0 Å². The lowest BCUT2D eigenvalue weighted by Crippen LogP contribution is -2.37. The molecule has 1 amide bonds. The third-order valence-electron chi connectivity index (χ3n) is 4.40. The van der Waals surface area contributed by atoms with Crippen LogP contribution in [0.1, 0.15) is 5.56 Å². The van der Waals surface area contributed by atoms with Crippen LogP contribution in [-0.2, 0) is 21.4 Å². The first kappa shape index (κ1) is 23.1. The maximum Gasteiger partial charge on any atom is 0.243 e. The Kier molecular flexibility index (Phi) is 7.56. The predicted molar refractivity (Wildman–Crippen MR) is 122 cm³/mol. The van der Waals surface area contributed by atoms with Gasteiger partial charge < -0.3 is 10.1 Å². The number of amides is 1. The smallest absolute Gasteiger partial charge is 0.243 e. The van der Waals surface area contributed by atoms with Gasteiger partial charge in [-0.25, -0.2) is 8.42 Å². The van der Waals surface area contributed by atoms with Crippen LogP contribution in [0.15, 0.2) is 77.7 Å². The third-order valence-corrected chi connectivity index (χ3v) is 6.69. The van der Waals surface area contributed by atoms with Crippen LogP contribution in [0.2, 0.25) is 10.0 Å². The maximum absolute atomic E-state index is 13.3. The Morgan fingerprint density at radius 1 is 0.968 bits per heavy atom. The number of anilines is 1. The van der Waals surface area contributed by atoms with E-state index in [1.165, 1.54) is 31.4 Å². The molecule has 0 aromatic heterocycles. The zero-order valence-corrected chi connectivity index (χ0v) is 18.9. The van der Waals surface area contributed by atoms with Gasteiger partial charge in [0, 0.05) is 16.6 Å². The largest absolute Gasteiger partial charge is 0.495 e. The molecule has 0 aliphatic rings. The van der Waals surface area contributed by atoms with Gasteiger partial charge in [0.1, 0.15) is 5.75 Å². The summed E-state index contributed by atoms with van der Waals surface area (Å²) in [6.45, 7) is -0.444. The van der Waals surface area contributed by atoms with Crippen molar-refractivity contribution < 1.29 is 17.9 Å². The van der Waals surface area contributed by atoms with Gasteiger partial charge in [-0.3, -0.25) is 4.79 Å². The van der Waals surface area contributed by atoms with Crippen molar-refractivity contribution >= 4 is 44.8 Å². The fourth-order valence-corrected chi connectivity index (χ4v) is 4.64. The monoisotopic (exact) mass is 478 g/mol. The Bertz CT molecular complexity index is 1170. The Labute approximate surface area is 191 Å². The van der Waals surface area contributed by atoms with Crippen molar-refractivity contribution in [3.8, 4) is 5.75 Å². The van der Waals surface area contributed by atoms with Crippen LogP contribution in [-0.4, -0.2) is 32.3 Å². The molecule has 31 heavy (non-hydrogen) atoms. The minimum absolute atomic E-state index is 0.0315. The lowest BCUT2D eigenvalue weighted by Gasteiger charge is -2.22. The van der Waals surface area contributed by atoms with Gasteiger partial charge in [-0.15, -0.1) is 0 Å². The second kappa shape index (κ2) is 10.2. The van der Waals surface area contributed by atoms with Crippen molar-refractivity contribution in [2.45, 2.75) is 11.4 Å². The van der Waals surface area contributed by atoms with Crippen LogP contribution in [0, 0.1) is 0 Å². The van der Waals surface area contributed by atoms with Gasteiger partial charge in [0.05, 0.1) is 24.2 Å². The van der Waals surface area contributed by atoms with E-state index in [9.17, 15) is 13.2 Å². The maximum atomic E-state index is 13.3. The normalized spacial score (nSPS) is 11.4. The average Bonchev–Trinajstić information content (AvgIpc) is 2.74. The molecule has 0 aliphatic carbocycles. The minimum atomic E-state index is -3.99. The first-order chi connectivity index (χ1) is 14.8. The summed E-state index contributed by atoms with van der Waals surface area (Å²) in [6, 6.07) is 19.5. The summed E-state index contributed by atoms with van der Waals surface area (Å²) in [5, 5.41) is 3.59. The summed E-state index contributed by atoms with van der Waals surface area (Å²) >= 11 is 11.9. The van der Waals surface area contributed by atoms with E-state index in [4.69, 9.17) is 27.9 Å². The molecule has 0 heterocycles. The summed E-state index contributed by atoms with van der Waals surface area (Å²) < 4.78 is 32.9. The van der Waals surface area contributed by atoms with E-state index in [-0.39, 0.29) is 11.4 Å². The number of halogens is 2. The second-order valence-electron chi connectivity index (χ2n) is 6.61. The van der Waals surface area contributed by atoms with Crippen LogP contribution in [0.4, 0.5) is 5.69 Å². The molecule has 3 rings (SSSR count). The molecule has 3 aromatic carbocycles.